The topological polar surface area (TPSA) is 66.4 Å². The molecule has 2 aromatic rings. The Labute approximate surface area is 134 Å². The van der Waals surface area contributed by atoms with Crippen LogP contribution >= 0.6 is 27.5 Å². The third-order valence-corrected chi connectivity index (χ3v) is 3.54. The van der Waals surface area contributed by atoms with Gasteiger partial charge in [0.15, 0.2) is 0 Å². The minimum atomic E-state index is -0.923. The maximum atomic E-state index is 12.2. The van der Waals surface area contributed by atoms with E-state index < -0.39 is 5.97 Å². The number of benzene rings is 2. The van der Waals surface area contributed by atoms with Gasteiger partial charge in [-0.1, -0.05) is 39.7 Å². The lowest BCUT2D eigenvalue weighted by Crippen LogP contribution is -2.13. The number of halogens is 2. The van der Waals surface area contributed by atoms with Crippen molar-refractivity contribution in [1.82, 2.24) is 0 Å². The molecule has 0 unspecified atom stereocenters. The summed E-state index contributed by atoms with van der Waals surface area (Å²) in [5.74, 6) is -1.28. The van der Waals surface area contributed by atoms with Crippen molar-refractivity contribution < 1.29 is 14.7 Å². The lowest BCUT2D eigenvalue weighted by atomic mass is 10.1. The second-order valence-corrected chi connectivity index (χ2v) is 5.67. The number of rotatable bonds is 4. The maximum absolute atomic E-state index is 12.2. The van der Waals surface area contributed by atoms with Crippen LogP contribution in [0, 0.1) is 0 Å². The van der Waals surface area contributed by atoms with Crippen molar-refractivity contribution in [3.8, 4) is 0 Å². The Morgan fingerprint density at radius 2 is 1.95 bits per heavy atom. The summed E-state index contributed by atoms with van der Waals surface area (Å²) in [5, 5.41) is 11.8. The Morgan fingerprint density at radius 3 is 2.67 bits per heavy atom. The molecule has 0 spiro atoms. The fourth-order valence-corrected chi connectivity index (χ4v) is 2.37. The number of carboxylic acid groups (broad SMARTS) is 1. The van der Waals surface area contributed by atoms with Crippen LogP contribution < -0.4 is 5.32 Å². The minimum absolute atomic E-state index is 0.0959. The highest BCUT2D eigenvalue weighted by atomic mass is 79.9. The van der Waals surface area contributed by atoms with Crippen molar-refractivity contribution in [3.63, 3.8) is 0 Å². The summed E-state index contributed by atoms with van der Waals surface area (Å²) in [4.78, 5) is 22.9. The highest BCUT2D eigenvalue weighted by molar-refractivity contribution is 9.10. The van der Waals surface area contributed by atoms with Crippen LogP contribution in [0.25, 0.3) is 0 Å². The molecule has 2 N–H and O–H groups in total. The second kappa shape index (κ2) is 6.74. The van der Waals surface area contributed by atoms with E-state index in [9.17, 15) is 9.59 Å². The van der Waals surface area contributed by atoms with Crippen molar-refractivity contribution in [2.75, 3.05) is 5.32 Å². The van der Waals surface area contributed by atoms with Gasteiger partial charge >= 0.3 is 5.97 Å². The van der Waals surface area contributed by atoms with E-state index in [2.05, 4.69) is 21.2 Å². The van der Waals surface area contributed by atoms with Crippen molar-refractivity contribution in [3.05, 3.63) is 63.1 Å². The third kappa shape index (κ3) is 4.31. The molecule has 0 atom stereocenters. The van der Waals surface area contributed by atoms with Gasteiger partial charge < -0.3 is 10.4 Å². The molecule has 0 heterocycles. The predicted molar refractivity (Wildman–Crippen MR) is 84.9 cm³/mol. The average Bonchev–Trinajstić information content (AvgIpc) is 2.41. The Balaban J connectivity index is 2.19. The van der Waals surface area contributed by atoms with Gasteiger partial charge in [-0.05, 0) is 35.9 Å². The lowest BCUT2D eigenvalue weighted by Gasteiger charge is -2.08. The summed E-state index contributed by atoms with van der Waals surface area (Å²) in [6, 6.07) is 11.7. The molecule has 0 aliphatic heterocycles. The SMILES string of the molecule is O=C(O)Cc1cccc(NC(=O)c2cc(Br)ccc2Cl)c1. The second-order valence-electron chi connectivity index (χ2n) is 4.35. The largest absolute Gasteiger partial charge is 0.481 e. The van der Waals surface area contributed by atoms with Gasteiger partial charge in [-0.15, -0.1) is 0 Å². The molecule has 21 heavy (non-hydrogen) atoms. The first-order chi connectivity index (χ1) is 9.95. The predicted octanol–water partition coefficient (Wildman–Crippen LogP) is 3.98. The van der Waals surface area contributed by atoms with Crippen LogP contribution in [0.2, 0.25) is 5.02 Å². The first-order valence-corrected chi connectivity index (χ1v) is 7.20. The van der Waals surface area contributed by atoms with E-state index in [1.807, 2.05) is 0 Å². The molecule has 108 valence electrons. The molecule has 6 heteroatoms. The summed E-state index contributed by atoms with van der Waals surface area (Å²) in [6.07, 6.45) is -0.0959. The van der Waals surface area contributed by atoms with Crippen LogP contribution in [-0.4, -0.2) is 17.0 Å². The van der Waals surface area contributed by atoms with Gasteiger partial charge in [-0.3, -0.25) is 9.59 Å². The number of hydrogen-bond donors (Lipinski definition) is 2. The number of hydrogen-bond acceptors (Lipinski definition) is 2. The van der Waals surface area contributed by atoms with Crippen LogP contribution in [0.4, 0.5) is 5.69 Å². The Kier molecular flexibility index (Phi) is 4.98. The quantitative estimate of drug-likeness (QED) is 0.858. The smallest absolute Gasteiger partial charge is 0.307 e. The number of carboxylic acids is 1. The third-order valence-electron chi connectivity index (χ3n) is 2.71. The number of nitrogens with one attached hydrogen (secondary N) is 1. The first kappa shape index (κ1) is 15.5. The Morgan fingerprint density at radius 1 is 1.19 bits per heavy atom. The van der Waals surface area contributed by atoms with Gasteiger partial charge in [0.25, 0.3) is 5.91 Å². The van der Waals surface area contributed by atoms with E-state index >= 15 is 0 Å². The zero-order valence-electron chi connectivity index (χ0n) is 10.8. The van der Waals surface area contributed by atoms with Crippen molar-refractivity contribution in [1.29, 1.82) is 0 Å². The van der Waals surface area contributed by atoms with E-state index in [0.29, 0.717) is 21.8 Å². The standard InChI is InChI=1S/C15H11BrClNO3/c16-10-4-5-13(17)12(8-10)15(21)18-11-3-1-2-9(6-11)7-14(19)20/h1-6,8H,7H2,(H,18,21)(H,19,20). The van der Waals surface area contributed by atoms with Gasteiger partial charge in [0.1, 0.15) is 0 Å². The highest BCUT2D eigenvalue weighted by Gasteiger charge is 2.11. The van der Waals surface area contributed by atoms with Crippen LogP contribution in [0.5, 0.6) is 0 Å². The molecule has 2 rings (SSSR count). The van der Waals surface area contributed by atoms with Gasteiger partial charge in [0.05, 0.1) is 17.0 Å². The molecular weight excluding hydrogens is 358 g/mol. The zero-order chi connectivity index (χ0) is 15.4. The van der Waals surface area contributed by atoms with Crippen LogP contribution in [0.3, 0.4) is 0 Å². The number of carbonyl (C=O) groups excluding carboxylic acids is 1. The maximum Gasteiger partial charge on any atom is 0.307 e. The summed E-state index contributed by atoms with van der Waals surface area (Å²) in [7, 11) is 0. The monoisotopic (exact) mass is 367 g/mol. The van der Waals surface area contributed by atoms with Crippen LogP contribution in [-0.2, 0) is 11.2 Å². The molecule has 0 aliphatic rings. The molecule has 0 aromatic heterocycles. The highest BCUT2D eigenvalue weighted by Crippen LogP contribution is 2.22. The molecule has 0 saturated carbocycles. The summed E-state index contributed by atoms with van der Waals surface area (Å²) in [6.45, 7) is 0. The number of amides is 1. The van der Waals surface area contributed by atoms with Crippen molar-refractivity contribution in [2.45, 2.75) is 6.42 Å². The molecule has 4 nitrogen and oxygen atoms in total. The van der Waals surface area contributed by atoms with E-state index in [0.717, 1.165) is 4.47 Å². The molecule has 0 bridgehead atoms. The fraction of sp³-hybridized carbons (Fsp3) is 0.0667. The normalized spacial score (nSPS) is 10.2. The first-order valence-electron chi connectivity index (χ1n) is 6.03. The lowest BCUT2D eigenvalue weighted by molar-refractivity contribution is -0.136. The number of aliphatic carboxylic acids is 1. The summed E-state index contributed by atoms with van der Waals surface area (Å²) < 4.78 is 0.747. The molecule has 0 fully saturated rings. The van der Waals surface area contributed by atoms with Crippen LogP contribution in [0.15, 0.2) is 46.9 Å². The summed E-state index contributed by atoms with van der Waals surface area (Å²) in [5.41, 5.74) is 1.48. The van der Waals surface area contributed by atoms with Gasteiger partial charge in [0, 0.05) is 10.2 Å². The molecule has 1 amide bonds. The Hall–Kier alpha value is -1.85. The molecule has 0 saturated heterocycles. The molecule has 0 radical (unpaired) electrons. The van der Waals surface area contributed by atoms with E-state index in [1.54, 1.807) is 42.5 Å². The number of anilines is 1. The minimum Gasteiger partial charge on any atom is -0.481 e. The van der Waals surface area contributed by atoms with Crippen LogP contribution in [0.1, 0.15) is 15.9 Å². The molecule has 2 aromatic carbocycles. The average molecular weight is 369 g/mol. The van der Waals surface area contributed by atoms with E-state index in [-0.39, 0.29) is 12.3 Å². The molecular formula is C15H11BrClNO3. The van der Waals surface area contributed by atoms with Crippen molar-refractivity contribution >= 4 is 45.1 Å². The van der Waals surface area contributed by atoms with E-state index in [1.165, 1.54) is 0 Å². The fourth-order valence-electron chi connectivity index (χ4n) is 1.80. The zero-order valence-corrected chi connectivity index (χ0v) is 13.1. The van der Waals surface area contributed by atoms with Gasteiger partial charge in [-0.2, -0.15) is 0 Å². The van der Waals surface area contributed by atoms with Gasteiger partial charge in [-0.25, -0.2) is 0 Å². The summed E-state index contributed by atoms with van der Waals surface area (Å²) >= 11 is 9.28. The Bertz CT molecular complexity index is 703. The molecule has 0 aliphatic carbocycles. The number of carbonyl (C=O) groups is 2. The van der Waals surface area contributed by atoms with Gasteiger partial charge in [0.2, 0.25) is 0 Å². The van der Waals surface area contributed by atoms with E-state index in [4.69, 9.17) is 16.7 Å². The van der Waals surface area contributed by atoms with Crippen molar-refractivity contribution in [2.24, 2.45) is 0 Å².